The summed E-state index contributed by atoms with van der Waals surface area (Å²) in [6.07, 6.45) is 2.38. The van der Waals surface area contributed by atoms with Crippen LogP contribution in [0.3, 0.4) is 0 Å². The Hall–Kier alpha value is -0.120. The number of hydrogen-bond donors (Lipinski definition) is 1. The van der Waals surface area contributed by atoms with Crippen LogP contribution in [0, 0.1) is 11.3 Å². The molecule has 0 aromatic heterocycles. The highest BCUT2D eigenvalue weighted by molar-refractivity contribution is 4.84. The van der Waals surface area contributed by atoms with Gasteiger partial charge in [0.1, 0.15) is 0 Å². The maximum absolute atomic E-state index is 5.62. The molecule has 1 N–H and O–H groups in total. The average Bonchev–Trinajstić information content (AvgIpc) is 2.27. The fraction of sp³-hybridized carbons (Fsp3) is 1.00. The second-order valence-corrected chi connectivity index (χ2v) is 5.32. The lowest BCUT2D eigenvalue weighted by atomic mass is 9.83. The van der Waals surface area contributed by atoms with Gasteiger partial charge in [-0.1, -0.05) is 13.8 Å². The van der Waals surface area contributed by atoms with Crippen LogP contribution in [0.5, 0.6) is 0 Å². The molecule has 3 heteroatoms. The molecule has 1 fully saturated rings. The van der Waals surface area contributed by atoms with E-state index in [4.69, 9.17) is 9.47 Å². The largest absolute Gasteiger partial charge is 0.381 e. The Bertz CT molecular complexity index is 177. The molecule has 3 nitrogen and oxygen atoms in total. The van der Waals surface area contributed by atoms with Crippen molar-refractivity contribution in [2.45, 2.75) is 33.6 Å². The molecule has 1 rings (SSSR count). The van der Waals surface area contributed by atoms with Crippen molar-refractivity contribution < 1.29 is 9.47 Å². The van der Waals surface area contributed by atoms with E-state index in [-0.39, 0.29) is 5.41 Å². The normalized spacial score (nSPS) is 26.2. The molecule has 1 unspecified atom stereocenters. The average molecular weight is 229 g/mol. The van der Waals surface area contributed by atoms with Crippen LogP contribution in [0.4, 0.5) is 0 Å². The molecule has 16 heavy (non-hydrogen) atoms. The minimum atomic E-state index is 0.211. The highest BCUT2D eigenvalue weighted by atomic mass is 16.5. The summed E-state index contributed by atoms with van der Waals surface area (Å²) >= 11 is 0. The summed E-state index contributed by atoms with van der Waals surface area (Å²) in [6.45, 7) is 12.0. The van der Waals surface area contributed by atoms with Gasteiger partial charge in [-0.15, -0.1) is 0 Å². The molecule has 0 aromatic rings. The molecule has 0 radical (unpaired) electrons. The number of rotatable bonds is 7. The summed E-state index contributed by atoms with van der Waals surface area (Å²) in [7, 11) is 0. The van der Waals surface area contributed by atoms with E-state index in [0.29, 0.717) is 5.92 Å². The lowest BCUT2D eigenvalue weighted by molar-refractivity contribution is -0.0559. The second kappa shape index (κ2) is 7.25. The Labute approximate surface area is 99.9 Å². The first-order valence-corrected chi connectivity index (χ1v) is 6.55. The monoisotopic (exact) mass is 229 g/mol. The quantitative estimate of drug-likeness (QED) is 0.725. The number of ether oxygens (including phenoxy) is 2. The molecule has 0 spiro atoms. The summed E-state index contributed by atoms with van der Waals surface area (Å²) < 4.78 is 11.2. The Balaban J connectivity index is 2.36. The van der Waals surface area contributed by atoms with Gasteiger partial charge in [0.2, 0.25) is 0 Å². The maximum Gasteiger partial charge on any atom is 0.0556 e. The lowest BCUT2D eigenvalue weighted by Gasteiger charge is -2.37. The second-order valence-electron chi connectivity index (χ2n) is 5.32. The molecule has 1 aliphatic rings. The van der Waals surface area contributed by atoms with Gasteiger partial charge in [0.05, 0.1) is 13.2 Å². The van der Waals surface area contributed by atoms with Gasteiger partial charge < -0.3 is 14.8 Å². The van der Waals surface area contributed by atoms with Gasteiger partial charge in [0.25, 0.3) is 0 Å². The molecule has 1 saturated heterocycles. The van der Waals surface area contributed by atoms with Gasteiger partial charge in [0, 0.05) is 25.2 Å². The Kier molecular flexibility index (Phi) is 6.32. The van der Waals surface area contributed by atoms with E-state index in [1.54, 1.807) is 0 Å². The summed E-state index contributed by atoms with van der Waals surface area (Å²) in [4.78, 5) is 0. The first-order valence-electron chi connectivity index (χ1n) is 6.55. The van der Waals surface area contributed by atoms with Crippen molar-refractivity contribution in [1.82, 2.24) is 5.32 Å². The minimum absolute atomic E-state index is 0.211. The first kappa shape index (κ1) is 13.9. The van der Waals surface area contributed by atoms with Crippen molar-refractivity contribution in [3.63, 3.8) is 0 Å². The third-order valence-corrected chi connectivity index (χ3v) is 3.07. The Morgan fingerprint density at radius 2 is 2.25 bits per heavy atom. The van der Waals surface area contributed by atoms with Crippen molar-refractivity contribution in [1.29, 1.82) is 0 Å². The molecule has 0 saturated carbocycles. The summed E-state index contributed by atoms with van der Waals surface area (Å²) in [5.41, 5.74) is 0.211. The van der Waals surface area contributed by atoms with Gasteiger partial charge in [-0.05, 0) is 32.2 Å². The van der Waals surface area contributed by atoms with Crippen molar-refractivity contribution in [2.24, 2.45) is 11.3 Å². The Morgan fingerprint density at radius 1 is 1.44 bits per heavy atom. The predicted octanol–water partition coefficient (Wildman–Crippen LogP) is 2.07. The molecule has 0 bridgehead atoms. The van der Waals surface area contributed by atoms with Crippen molar-refractivity contribution in [3.05, 3.63) is 0 Å². The molecule has 0 aromatic carbocycles. The van der Waals surface area contributed by atoms with Gasteiger partial charge in [0.15, 0.2) is 0 Å². The lowest BCUT2D eigenvalue weighted by Crippen LogP contribution is -2.45. The summed E-state index contributed by atoms with van der Waals surface area (Å²) in [6, 6.07) is 0. The summed E-state index contributed by atoms with van der Waals surface area (Å²) in [5, 5.41) is 3.54. The Morgan fingerprint density at radius 3 is 2.81 bits per heavy atom. The van der Waals surface area contributed by atoms with E-state index in [1.165, 1.54) is 6.42 Å². The number of hydrogen-bond acceptors (Lipinski definition) is 3. The number of nitrogens with one attached hydrogen (secondary N) is 1. The standard InChI is InChI=1S/C13H27NO2/c1-4-15-10-13(6-5-7-16-11-13)9-14-8-12(2)3/h12,14H,4-11H2,1-3H3. The third-order valence-electron chi connectivity index (χ3n) is 3.07. The van der Waals surface area contributed by atoms with Crippen LogP contribution >= 0.6 is 0 Å². The fourth-order valence-electron chi connectivity index (χ4n) is 2.16. The molecule has 0 aliphatic carbocycles. The topological polar surface area (TPSA) is 30.5 Å². The van der Waals surface area contributed by atoms with Gasteiger partial charge in [-0.25, -0.2) is 0 Å². The van der Waals surface area contributed by atoms with Crippen molar-refractivity contribution in [3.8, 4) is 0 Å². The molecule has 1 atom stereocenters. The molecular weight excluding hydrogens is 202 g/mol. The van der Waals surface area contributed by atoms with Crippen LogP contribution < -0.4 is 5.32 Å². The van der Waals surface area contributed by atoms with Crippen LogP contribution in [0.15, 0.2) is 0 Å². The van der Waals surface area contributed by atoms with Crippen LogP contribution in [0.1, 0.15) is 33.6 Å². The first-order chi connectivity index (χ1) is 7.68. The van der Waals surface area contributed by atoms with Gasteiger partial charge in [-0.3, -0.25) is 0 Å². The van der Waals surface area contributed by atoms with Crippen molar-refractivity contribution in [2.75, 3.05) is 39.5 Å². The van der Waals surface area contributed by atoms with E-state index >= 15 is 0 Å². The van der Waals surface area contributed by atoms with Crippen LogP contribution in [0.25, 0.3) is 0 Å². The third kappa shape index (κ3) is 4.81. The van der Waals surface area contributed by atoms with E-state index in [9.17, 15) is 0 Å². The highest BCUT2D eigenvalue weighted by Gasteiger charge is 2.32. The molecule has 96 valence electrons. The zero-order chi connectivity index (χ0) is 11.9. The maximum atomic E-state index is 5.62. The van der Waals surface area contributed by atoms with Gasteiger partial charge in [-0.2, -0.15) is 0 Å². The van der Waals surface area contributed by atoms with E-state index in [1.807, 2.05) is 0 Å². The fourth-order valence-corrected chi connectivity index (χ4v) is 2.16. The van der Waals surface area contributed by atoms with Crippen LogP contribution in [-0.4, -0.2) is 39.5 Å². The van der Waals surface area contributed by atoms with Crippen molar-refractivity contribution >= 4 is 0 Å². The predicted molar refractivity (Wildman–Crippen MR) is 66.7 cm³/mol. The minimum Gasteiger partial charge on any atom is -0.381 e. The molecular formula is C13H27NO2. The van der Waals surface area contributed by atoms with E-state index in [2.05, 4.69) is 26.1 Å². The van der Waals surface area contributed by atoms with E-state index in [0.717, 1.165) is 45.9 Å². The molecule has 0 amide bonds. The van der Waals surface area contributed by atoms with Gasteiger partial charge >= 0.3 is 0 Å². The molecule has 1 aliphatic heterocycles. The highest BCUT2D eigenvalue weighted by Crippen LogP contribution is 2.28. The van der Waals surface area contributed by atoms with Crippen LogP contribution in [0.2, 0.25) is 0 Å². The molecule has 1 heterocycles. The zero-order valence-corrected chi connectivity index (χ0v) is 11.1. The van der Waals surface area contributed by atoms with Crippen LogP contribution in [-0.2, 0) is 9.47 Å². The van der Waals surface area contributed by atoms with E-state index < -0.39 is 0 Å². The zero-order valence-electron chi connectivity index (χ0n) is 11.1. The summed E-state index contributed by atoms with van der Waals surface area (Å²) in [5.74, 6) is 0.702. The SMILES string of the molecule is CCOCC1(CNCC(C)C)CCCOC1. The smallest absolute Gasteiger partial charge is 0.0556 e.